The van der Waals surface area contributed by atoms with Crippen LogP contribution in [-0.4, -0.2) is 43.5 Å². The molecule has 0 aliphatic carbocycles. The van der Waals surface area contributed by atoms with E-state index in [0.29, 0.717) is 10.9 Å². The Kier molecular flexibility index (Phi) is 3.95. The Morgan fingerprint density at radius 1 is 1.45 bits per heavy atom. The van der Waals surface area contributed by atoms with Gasteiger partial charge in [0.15, 0.2) is 0 Å². The third kappa shape index (κ3) is 2.75. The maximum absolute atomic E-state index is 12.5. The van der Waals surface area contributed by atoms with Crippen molar-refractivity contribution in [2.75, 3.05) is 13.1 Å². The fraction of sp³-hybridized carbons (Fsp3) is 0.533. The Hall–Kier alpha value is -1.82. The van der Waals surface area contributed by atoms with Gasteiger partial charge in [-0.05, 0) is 25.8 Å². The second kappa shape index (κ2) is 5.76. The molecule has 0 N–H and O–H groups in total. The van der Waals surface area contributed by atoms with Crippen LogP contribution in [0.15, 0.2) is 12.4 Å². The number of aryl methyl sites for hydroxylation is 2. The lowest BCUT2D eigenvalue weighted by atomic mass is 10.0. The molecule has 3 heterocycles. The first-order valence-electron chi connectivity index (χ1n) is 7.41. The van der Waals surface area contributed by atoms with E-state index in [0.717, 1.165) is 30.9 Å². The zero-order chi connectivity index (χ0) is 15.9. The van der Waals surface area contributed by atoms with Gasteiger partial charge in [-0.2, -0.15) is 10.2 Å². The number of rotatable bonds is 3. The lowest BCUT2D eigenvalue weighted by Gasteiger charge is -2.16. The molecule has 0 radical (unpaired) electrons. The highest BCUT2D eigenvalue weighted by Crippen LogP contribution is 2.27. The van der Waals surface area contributed by atoms with Crippen LogP contribution in [0.5, 0.6) is 0 Å². The Labute approximate surface area is 134 Å². The minimum atomic E-state index is 0.0913. The largest absolute Gasteiger partial charge is 0.340 e. The maximum atomic E-state index is 12.5. The van der Waals surface area contributed by atoms with Crippen molar-refractivity contribution in [2.45, 2.75) is 32.7 Å². The molecular formula is C15H20ClN5O. The molecule has 1 saturated heterocycles. The summed E-state index contributed by atoms with van der Waals surface area (Å²) >= 11 is 6.13. The van der Waals surface area contributed by atoms with Gasteiger partial charge in [-0.1, -0.05) is 11.6 Å². The second-order valence-corrected chi connectivity index (χ2v) is 6.29. The zero-order valence-electron chi connectivity index (χ0n) is 13.1. The van der Waals surface area contributed by atoms with Gasteiger partial charge in [0.1, 0.15) is 6.54 Å². The van der Waals surface area contributed by atoms with E-state index in [1.807, 2.05) is 38.2 Å². The summed E-state index contributed by atoms with van der Waals surface area (Å²) in [4.78, 5) is 14.4. The van der Waals surface area contributed by atoms with Crippen LogP contribution in [0.3, 0.4) is 0 Å². The van der Waals surface area contributed by atoms with E-state index >= 15 is 0 Å². The normalized spacial score (nSPS) is 18.2. The van der Waals surface area contributed by atoms with Crippen molar-refractivity contribution in [1.29, 1.82) is 0 Å². The molecular weight excluding hydrogens is 302 g/mol. The number of hydrogen-bond acceptors (Lipinski definition) is 3. The highest BCUT2D eigenvalue weighted by Gasteiger charge is 2.28. The summed E-state index contributed by atoms with van der Waals surface area (Å²) in [5, 5.41) is 9.17. The summed E-state index contributed by atoms with van der Waals surface area (Å²) in [7, 11) is 1.91. The van der Waals surface area contributed by atoms with Crippen LogP contribution in [0.2, 0.25) is 5.02 Å². The quantitative estimate of drug-likeness (QED) is 0.867. The van der Waals surface area contributed by atoms with Crippen LogP contribution in [0.1, 0.15) is 29.3 Å². The molecule has 2 aromatic heterocycles. The van der Waals surface area contributed by atoms with Crippen LogP contribution in [0.4, 0.5) is 0 Å². The van der Waals surface area contributed by atoms with Crippen LogP contribution < -0.4 is 0 Å². The molecule has 0 spiro atoms. The third-order valence-corrected chi connectivity index (χ3v) is 4.86. The van der Waals surface area contributed by atoms with Crippen LogP contribution >= 0.6 is 11.6 Å². The number of likely N-dealkylation sites (tertiary alicyclic amines) is 1. The third-order valence-electron chi connectivity index (χ3n) is 4.32. The zero-order valence-corrected chi connectivity index (χ0v) is 13.8. The van der Waals surface area contributed by atoms with Gasteiger partial charge >= 0.3 is 0 Å². The summed E-state index contributed by atoms with van der Waals surface area (Å²) in [5.41, 5.74) is 2.81. The summed E-state index contributed by atoms with van der Waals surface area (Å²) in [6, 6.07) is 0. The predicted octanol–water partition coefficient (Wildman–Crippen LogP) is 1.90. The van der Waals surface area contributed by atoms with Crippen molar-refractivity contribution in [2.24, 2.45) is 7.05 Å². The maximum Gasteiger partial charge on any atom is 0.244 e. The molecule has 1 aliphatic rings. The molecule has 1 unspecified atom stereocenters. The average Bonchev–Trinajstić information content (AvgIpc) is 3.17. The number of nitrogens with zero attached hydrogens (tertiary/aromatic N) is 5. The first kappa shape index (κ1) is 15.1. The van der Waals surface area contributed by atoms with E-state index in [-0.39, 0.29) is 12.5 Å². The van der Waals surface area contributed by atoms with Crippen molar-refractivity contribution in [3.05, 3.63) is 34.4 Å². The molecule has 2 aromatic rings. The minimum absolute atomic E-state index is 0.0913. The molecule has 3 rings (SSSR count). The number of hydrogen-bond donors (Lipinski definition) is 0. The Morgan fingerprint density at radius 2 is 2.23 bits per heavy atom. The van der Waals surface area contributed by atoms with Crippen molar-refractivity contribution in [3.8, 4) is 0 Å². The van der Waals surface area contributed by atoms with Gasteiger partial charge in [0, 0.05) is 32.3 Å². The lowest BCUT2D eigenvalue weighted by Crippen LogP contribution is -2.32. The Bertz CT molecular complexity index is 705. The van der Waals surface area contributed by atoms with Crippen LogP contribution in [-0.2, 0) is 18.4 Å². The van der Waals surface area contributed by atoms with Gasteiger partial charge < -0.3 is 4.90 Å². The van der Waals surface area contributed by atoms with Gasteiger partial charge in [0.05, 0.1) is 22.6 Å². The molecule has 1 atom stereocenters. The highest BCUT2D eigenvalue weighted by atomic mass is 35.5. The first-order valence-corrected chi connectivity index (χ1v) is 7.79. The molecule has 0 aromatic carbocycles. The first-order chi connectivity index (χ1) is 10.5. The SMILES string of the molecule is Cc1nn(CC(=O)N2CCC(c3cnn(C)c3)C2)c(C)c1Cl. The molecule has 118 valence electrons. The van der Waals surface area contributed by atoms with E-state index in [9.17, 15) is 4.79 Å². The average molecular weight is 322 g/mol. The van der Waals surface area contributed by atoms with E-state index in [2.05, 4.69) is 10.2 Å². The molecule has 1 fully saturated rings. The summed E-state index contributed by atoms with van der Waals surface area (Å²) in [5.74, 6) is 0.468. The van der Waals surface area contributed by atoms with Crippen LogP contribution in [0, 0.1) is 13.8 Å². The van der Waals surface area contributed by atoms with Crippen molar-refractivity contribution in [3.63, 3.8) is 0 Å². The van der Waals surface area contributed by atoms with Crippen molar-refractivity contribution >= 4 is 17.5 Å². The molecule has 7 heteroatoms. The molecule has 22 heavy (non-hydrogen) atoms. The number of carbonyl (C=O) groups excluding carboxylic acids is 1. The molecule has 1 aliphatic heterocycles. The van der Waals surface area contributed by atoms with Gasteiger partial charge in [-0.25, -0.2) is 0 Å². The topological polar surface area (TPSA) is 56.0 Å². The number of carbonyl (C=O) groups is 1. The predicted molar refractivity (Wildman–Crippen MR) is 83.9 cm³/mol. The fourth-order valence-electron chi connectivity index (χ4n) is 2.97. The molecule has 1 amide bonds. The van der Waals surface area contributed by atoms with E-state index in [1.54, 1.807) is 9.36 Å². The number of halogens is 1. The second-order valence-electron chi connectivity index (χ2n) is 5.92. The fourth-order valence-corrected chi connectivity index (χ4v) is 3.10. The monoisotopic (exact) mass is 321 g/mol. The van der Waals surface area contributed by atoms with E-state index in [4.69, 9.17) is 11.6 Å². The summed E-state index contributed by atoms with van der Waals surface area (Å²) < 4.78 is 3.50. The minimum Gasteiger partial charge on any atom is -0.340 e. The van der Waals surface area contributed by atoms with Gasteiger partial charge in [0.25, 0.3) is 0 Å². The Balaban J connectivity index is 1.65. The van der Waals surface area contributed by atoms with E-state index in [1.165, 1.54) is 5.56 Å². The van der Waals surface area contributed by atoms with Crippen molar-refractivity contribution < 1.29 is 4.79 Å². The standard InChI is InChI=1S/C15H20ClN5O/c1-10-15(16)11(2)21(18-10)9-14(22)20-5-4-12(8-20)13-6-17-19(3)7-13/h6-7,12H,4-5,8-9H2,1-3H3. The highest BCUT2D eigenvalue weighted by molar-refractivity contribution is 6.31. The van der Waals surface area contributed by atoms with Crippen LogP contribution in [0.25, 0.3) is 0 Å². The van der Waals surface area contributed by atoms with E-state index < -0.39 is 0 Å². The molecule has 0 bridgehead atoms. The lowest BCUT2D eigenvalue weighted by molar-refractivity contribution is -0.131. The summed E-state index contributed by atoms with van der Waals surface area (Å²) in [6.07, 6.45) is 4.90. The molecule has 6 nitrogen and oxygen atoms in total. The van der Waals surface area contributed by atoms with Gasteiger partial charge in [0.2, 0.25) is 5.91 Å². The summed E-state index contributed by atoms with van der Waals surface area (Å²) in [6.45, 7) is 5.52. The van der Waals surface area contributed by atoms with Crippen molar-refractivity contribution in [1.82, 2.24) is 24.5 Å². The number of amides is 1. The molecule has 0 saturated carbocycles. The number of aromatic nitrogens is 4. The van der Waals surface area contributed by atoms with Gasteiger partial charge in [-0.3, -0.25) is 14.2 Å². The Morgan fingerprint density at radius 3 is 2.82 bits per heavy atom. The smallest absolute Gasteiger partial charge is 0.244 e. The van der Waals surface area contributed by atoms with Gasteiger partial charge in [-0.15, -0.1) is 0 Å².